The number of nitrogens with one attached hydrogen (secondary N) is 1. The normalized spacial score (nSPS) is 18.5. The first-order valence-electron chi connectivity index (χ1n) is 3.98. The van der Waals surface area contributed by atoms with Crippen molar-refractivity contribution in [1.29, 1.82) is 0 Å². The van der Waals surface area contributed by atoms with E-state index in [4.69, 9.17) is 39.5 Å². The summed E-state index contributed by atoms with van der Waals surface area (Å²) in [5.74, 6) is -0.788. The second-order valence-corrected chi connectivity index (χ2v) is 5.13. The van der Waals surface area contributed by atoms with Crippen LogP contribution in [-0.4, -0.2) is 29.0 Å². The smallest absolute Gasteiger partial charge is 0.358 e. The van der Waals surface area contributed by atoms with E-state index in [1.54, 1.807) is 0 Å². The van der Waals surface area contributed by atoms with E-state index in [-0.39, 0.29) is 18.5 Å². The molecule has 1 heterocycles. The van der Waals surface area contributed by atoms with E-state index in [1.165, 1.54) is 0 Å². The number of halogens is 4. The number of rotatable bonds is 1. The van der Waals surface area contributed by atoms with Crippen LogP contribution in [0.15, 0.2) is 0 Å². The van der Waals surface area contributed by atoms with Gasteiger partial charge in [-0.1, -0.05) is 34.8 Å². The van der Waals surface area contributed by atoms with Crippen LogP contribution in [0.2, 0.25) is 0 Å². The van der Waals surface area contributed by atoms with Crippen molar-refractivity contribution in [1.82, 2.24) is 5.32 Å². The average Bonchev–Trinajstić information content (AvgIpc) is 2.04. The Morgan fingerprint density at radius 2 is 1.79 bits per heavy atom. The van der Waals surface area contributed by atoms with Crippen LogP contribution in [0.1, 0.15) is 12.8 Å². The topological polar surface area (TPSA) is 38.3 Å². The molecule has 0 amide bonds. The minimum atomic E-state index is -1.95. The monoisotopic (exact) mass is 281 g/mol. The second kappa shape index (κ2) is 6.23. The molecule has 1 fully saturated rings. The van der Waals surface area contributed by atoms with Gasteiger partial charge in [-0.25, -0.2) is 4.79 Å². The molecule has 1 aliphatic rings. The number of ether oxygens (including phenoxy) is 1. The molecule has 0 unspecified atom stereocenters. The summed E-state index contributed by atoms with van der Waals surface area (Å²) in [6, 6.07) is 0. The molecule has 1 N–H and O–H groups in total. The largest absolute Gasteiger partial charge is 0.459 e. The number of hydrogen-bond acceptors (Lipinski definition) is 3. The first-order valence-corrected chi connectivity index (χ1v) is 5.12. The van der Waals surface area contributed by atoms with E-state index in [2.05, 4.69) is 5.32 Å². The van der Waals surface area contributed by atoms with Crippen LogP contribution in [0.5, 0.6) is 0 Å². The van der Waals surface area contributed by atoms with Crippen LogP contribution < -0.4 is 5.32 Å². The maximum Gasteiger partial charge on any atom is 0.358 e. The standard InChI is InChI=1S/C7H10Cl3NO2.ClH/c8-7(9,10)6(12)13-5-1-3-11-4-2-5;/h5,11H,1-4H2;1H. The zero-order chi connectivity index (χ0) is 9.90. The Hall–Kier alpha value is 0.590. The van der Waals surface area contributed by atoms with E-state index in [9.17, 15) is 4.79 Å². The summed E-state index contributed by atoms with van der Waals surface area (Å²) in [7, 11) is 0. The van der Waals surface area contributed by atoms with Crippen molar-refractivity contribution in [2.45, 2.75) is 22.7 Å². The van der Waals surface area contributed by atoms with Crippen LogP contribution in [0.4, 0.5) is 0 Å². The molecule has 0 atom stereocenters. The fourth-order valence-corrected chi connectivity index (χ4v) is 1.27. The van der Waals surface area contributed by atoms with Crippen molar-refractivity contribution >= 4 is 53.2 Å². The first-order chi connectivity index (χ1) is 6.00. The van der Waals surface area contributed by atoms with Gasteiger partial charge in [-0.2, -0.15) is 0 Å². The molecule has 0 saturated carbocycles. The predicted molar refractivity (Wildman–Crippen MR) is 59.5 cm³/mol. The SMILES string of the molecule is Cl.O=C(OC1CCNCC1)C(Cl)(Cl)Cl. The first kappa shape index (κ1) is 14.6. The third-order valence-electron chi connectivity index (χ3n) is 1.79. The zero-order valence-electron chi connectivity index (χ0n) is 7.26. The molecule has 1 rings (SSSR count). The Balaban J connectivity index is 0.00000169. The van der Waals surface area contributed by atoms with Crippen molar-refractivity contribution in [3.05, 3.63) is 0 Å². The molecule has 1 saturated heterocycles. The van der Waals surface area contributed by atoms with Crippen molar-refractivity contribution < 1.29 is 9.53 Å². The van der Waals surface area contributed by atoms with Crippen molar-refractivity contribution in [2.24, 2.45) is 0 Å². The molecule has 0 aromatic heterocycles. The Kier molecular flexibility index (Phi) is 6.50. The van der Waals surface area contributed by atoms with Crippen molar-refractivity contribution in [2.75, 3.05) is 13.1 Å². The molecular formula is C7H11Cl4NO2. The van der Waals surface area contributed by atoms with Gasteiger partial charge >= 0.3 is 5.97 Å². The number of alkyl halides is 3. The highest BCUT2D eigenvalue weighted by atomic mass is 35.6. The summed E-state index contributed by atoms with van der Waals surface area (Å²) in [6.07, 6.45) is 1.42. The summed E-state index contributed by atoms with van der Waals surface area (Å²) in [5.41, 5.74) is 0. The third-order valence-corrected chi connectivity index (χ3v) is 2.25. The Morgan fingerprint density at radius 1 is 1.29 bits per heavy atom. The maximum absolute atomic E-state index is 11.1. The van der Waals surface area contributed by atoms with Gasteiger partial charge in [-0.3, -0.25) is 0 Å². The Labute approximate surface area is 104 Å². The summed E-state index contributed by atoms with van der Waals surface area (Å²) in [4.78, 5) is 11.1. The highest BCUT2D eigenvalue weighted by Crippen LogP contribution is 2.28. The number of hydrogen-bond donors (Lipinski definition) is 1. The van der Waals surface area contributed by atoms with E-state index < -0.39 is 9.76 Å². The minimum absolute atomic E-state index is 0. The third kappa shape index (κ3) is 4.89. The summed E-state index contributed by atoms with van der Waals surface area (Å²) >= 11 is 16.0. The van der Waals surface area contributed by atoms with E-state index in [0.717, 1.165) is 25.9 Å². The van der Waals surface area contributed by atoms with E-state index in [0.29, 0.717) is 0 Å². The van der Waals surface area contributed by atoms with Crippen molar-refractivity contribution in [3.8, 4) is 0 Å². The Bertz CT molecular complexity index is 189. The van der Waals surface area contributed by atoms with Gasteiger partial charge in [0.25, 0.3) is 3.79 Å². The molecule has 0 spiro atoms. The number of carbonyl (C=O) groups excluding carboxylic acids is 1. The molecule has 14 heavy (non-hydrogen) atoms. The highest BCUT2D eigenvalue weighted by molar-refractivity contribution is 6.75. The Morgan fingerprint density at radius 3 is 2.21 bits per heavy atom. The molecule has 7 heteroatoms. The lowest BCUT2D eigenvalue weighted by atomic mass is 10.1. The maximum atomic E-state index is 11.1. The quantitative estimate of drug-likeness (QED) is 0.591. The van der Waals surface area contributed by atoms with Gasteiger partial charge in [0, 0.05) is 0 Å². The predicted octanol–water partition coefficient (Wildman–Crippen LogP) is 2.07. The molecule has 0 aromatic carbocycles. The summed E-state index contributed by atoms with van der Waals surface area (Å²) < 4.78 is 3.03. The molecule has 0 radical (unpaired) electrons. The number of esters is 1. The molecule has 1 aliphatic heterocycles. The molecule has 0 aromatic rings. The van der Waals surface area contributed by atoms with Gasteiger partial charge < -0.3 is 10.1 Å². The molecule has 3 nitrogen and oxygen atoms in total. The molecule has 0 bridgehead atoms. The number of carbonyl (C=O) groups is 1. The van der Waals surface area contributed by atoms with Gasteiger partial charge in [0.2, 0.25) is 0 Å². The van der Waals surface area contributed by atoms with Crippen LogP contribution in [0.3, 0.4) is 0 Å². The lowest BCUT2D eigenvalue weighted by molar-refractivity contribution is -0.149. The molecule has 0 aliphatic carbocycles. The summed E-state index contributed by atoms with van der Waals surface area (Å²) in [6.45, 7) is 1.66. The van der Waals surface area contributed by atoms with Gasteiger partial charge in [0.1, 0.15) is 6.10 Å². The van der Waals surface area contributed by atoms with Gasteiger partial charge in [0.05, 0.1) is 0 Å². The van der Waals surface area contributed by atoms with Crippen molar-refractivity contribution in [3.63, 3.8) is 0 Å². The van der Waals surface area contributed by atoms with Crippen LogP contribution in [0.25, 0.3) is 0 Å². The second-order valence-electron chi connectivity index (χ2n) is 2.85. The average molecular weight is 283 g/mol. The molecule has 84 valence electrons. The van der Waals surface area contributed by atoms with Crippen LogP contribution in [-0.2, 0) is 9.53 Å². The van der Waals surface area contributed by atoms with Gasteiger partial charge in [-0.05, 0) is 25.9 Å². The highest BCUT2D eigenvalue weighted by Gasteiger charge is 2.34. The van der Waals surface area contributed by atoms with Crippen LogP contribution in [0, 0.1) is 0 Å². The minimum Gasteiger partial charge on any atom is -0.459 e. The summed E-state index contributed by atoms with van der Waals surface area (Å²) in [5, 5.41) is 3.14. The van der Waals surface area contributed by atoms with E-state index >= 15 is 0 Å². The van der Waals surface area contributed by atoms with Gasteiger partial charge in [-0.15, -0.1) is 12.4 Å². The van der Waals surface area contributed by atoms with E-state index in [1.807, 2.05) is 0 Å². The fraction of sp³-hybridized carbons (Fsp3) is 0.857. The lowest BCUT2D eigenvalue weighted by Gasteiger charge is -2.24. The fourth-order valence-electron chi connectivity index (χ4n) is 1.13. The zero-order valence-corrected chi connectivity index (χ0v) is 10.3. The number of piperidine rings is 1. The van der Waals surface area contributed by atoms with Gasteiger partial charge in [0.15, 0.2) is 0 Å². The lowest BCUT2D eigenvalue weighted by Crippen LogP contribution is -2.36. The molecular weight excluding hydrogens is 272 g/mol. The van der Waals surface area contributed by atoms with Crippen LogP contribution >= 0.6 is 47.2 Å².